The second-order valence-corrected chi connectivity index (χ2v) is 11.2. The molecule has 0 aromatic rings. The lowest BCUT2D eigenvalue weighted by atomic mass is 10.5. The molecule has 0 spiro atoms. The second-order valence-electron chi connectivity index (χ2n) is 2.98. The number of halogens is 2. The highest BCUT2D eigenvalue weighted by Crippen LogP contribution is 2.21. The molecular weight excluding hydrogens is 185 g/mol. The Morgan fingerprint density at radius 3 is 2.10 bits per heavy atom. The molecule has 0 rings (SSSR count). The molecule has 0 fully saturated rings. The van der Waals surface area contributed by atoms with Gasteiger partial charge in [0.05, 0.1) is 0 Å². The van der Waals surface area contributed by atoms with E-state index in [9.17, 15) is 0 Å². The number of hydrogen-bond acceptors (Lipinski definition) is 1. The third-order valence-electron chi connectivity index (χ3n) is 1.22. The Labute approximate surface area is 73.7 Å². The Hall–Kier alpha value is 0.757. The van der Waals surface area contributed by atoms with Gasteiger partial charge in [0.2, 0.25) is 6.69 Å². The summed E-state index contributed by atoms with van der Waals surface area (Å²) in [5, 5.41) is 0. The van der Waals surface area contributed by atoms with Crippen LogP contribution in [0, 0.1) is 0 Å². The number of nitrogens with zero attached hydrogens (tertiary/aromatic N) is 1. The van der Waals surface area contributed by atoms with Crippen molar-refractivity contribution >= 4 is 28.9 Å². The molecule has 0 saturated carbocycles. The van der Waals surface area contributed by atoms with E-state index < -0.39 is 6.69 Å². The topological polar surface area (TPSA) is 3.24 Å². The van der Waals surface area contributed by atoms with Crippen molar-refractivity contribution in [3.63, 3.8) is 0 Å². The average Bonchev–Trinajstić information content (AvgIpc) is 1.59. The monoisotopic (exact) mass is 199 g/mol. The van der Waals surface area contributed by atoms with Crippen LogP contribution in [-0.2, 0) is 0 Å². The van der Waals surface area contributed by atoms with E-state index in [1.807, 2.05) is 6.55 Å². The SMILES string of the molecule is CN(C)CCC[Si](C)(Cl)Cl. The smallest absolute Gasteiger partial charge is 0.248 e. The summed E-state index contributed by atoms with van der Waals surface area (Å²) in [5.41, 5.74) is 0. The zero-order valence-corrected chi connectivity index (χ0v) is 9.34. The standard InChI is InChI=1S/C6H15Cl2NSi/c1-9(2)5-4-6-10(3,7)8/h4-6H2,1-3H3. The quantitative estimate of drug-likeness (QED) is 0.497. The second kappa shape index (κ2) is 4.60. The lowest BCUT2D eigenvalue weighted by molar-refractivity contribution is 0.408. The maximum absolute atomic E-state index is 5.90. The number of rotatable bonds is 4. The van der Waals surface area contributed by atoms with Gasteiger partial charge in [-0.15, -0.1) is 22.2 Å². The van der Waals surface area contributed by atoms with Crippen LogP contribution in [0.4, 0.5) is 0 Å². The lowest BCUT2D eigenvalue weighted by Gasteiger charge is -2.12. The van der Waals surface area contributed by atoms with Crippen LogP contribution in [0.5, 0.6) is 0 Å². The van der Waals surface area contributed by atoms with Crippen LogP contribution >= 0.6 is 22.2 Å². The minimum atomic E-state index is -1.81. The molecule has 62 valence electrons. The van der Waals surface area contributed by atoms with Gasteiger partial charge >= 0.3 is 0 Å². The van der Waals surface area contributed by atoms with E-state index >= 15 is 0 Å². The fourth-order valence-corrected chi connectivity index (χ4v) is 2.29. The Kier molecular flexibility index (Phi) is 4.95. The minimum absolute atomic E-state index is 0.994. The zero-order valence-electron chi connectivity index (χ0n) is 6.82. The maximum Gasteiger partial charge on any atom is 0.248 e. The van der Waals surface area contributed by atoms with E-state index in [2.05, 4.69) is 19.0 Å². The number of hydrogen-bond donors (Lipinski definition) is 0. The molecule has 10 heavy (non-hydrogen) atoms. The largest absolute Gasteiger partial charge is 0.309 e. The van der Waals surface area contributed by atoms with Crippen molar-refractivity contribution in [2.45, 2.75) is 19.0 Å². The van der Waals surface area contributed by atoms with Crippen molar-refractivity contribution in [2.75, 3.05) is 20.6 Å². The van der Waals surface area contributed by atoms with E-state index in [1.165, 1.54) is 0 Å². The van der Waals surface area contributed by atoms with Gasteiger partial charge in [0.25, 0.3) is 0 Å². The van der Waals surface area contributed by atoms with Gasteiger partial charge in [0.15, 0.2) is 0 Å². The molecule has 0 aliphatic carbocycles. The Balaban J connectivity index is 3.21. The van der Waals surface area contributed by atoms with E-state index in [4.69, 9.17) is 22.2 Å². The highest BCUT2D eigenvalue weighted by atomic mass is 35.7. The summed E-state index contributed by atoms with van der Waals surface area (Å²) in [5.74, 6) is 0. The predicted octanol–water partition coefficient (Wildman–Crippen LogP) is 2.49. The summed E-state index contributed by atoms with van der Waals surface area (Å²) in [6, 6.07) is 0.994. The van der Waals surface area contributed by atoms with Crippen molar-refractivity contribution in [2.24, 2.45) is 0 Å². The van der Waals surface area contributed by atoms with Gasteiger partial charge in [-0.25, -0.2) is 0 Å². The van der Waals surface area contributed by atoms with E-state index in [0.717, 1.165) is 19.0 Å². The van der Waals surface area contributed by atoms with Gasteiger partial charge in [0, 0.05) is 0 Å². The van der Waals surface area contributed by atoms with Crippen LogP contribution in [-0.4, -0.2) is 32.2 Å². The third-order valence-corrected chi connectivity index (χ3v) is 3.59. The highest BCUT2D eigenvalue weighted by Gasteiger charge is 2.19. The minimum Gasteiger partial charge on any atom is -0.309 e. The molecule has 0 N–H and O–H groups in total. The van der Waals surface area contributed by atoms with Gasteiger partial charge in [-0.05, 0) is 39.7 Å². The van der Waals surface area contributed by atoms with Crippen LogP contribution in [0.1, 0.15) is 6.42 Å². The fraction of sp³-hybridized carbons (Fsp3) is 1.00. The van der Waals surface area contributed by atoms with Crippen LogP contribution < -0.4 is 0 Å². The van der Waals surface area contributed by atoms with Gasteiger partial charge < -0.3 is 4.90 Å². The molecule has 0 atom stereocenters. The molecule has 0 aliphatic rings. The first-order valence-electron chi connectivity index (χ1n) is 3.44. The molecule has 4 heteroatoms. The summed E-state index contributed by atoms with van der Waals surface area (Å²) >= 11 is 11.8. The van der Waals surface area contributed by atoms with Gasteiger partial charge in [0.1, 0.15) is 0 Å². The molecular formula is C6H15Cl2NSi. The third kappa shape index (κ3) is 8.76. The lowest BCUT2D eigenvalue weighted by Crippen LogP contribution is -2.18. The Morgan fingerprint density at radius 2 is 1.80 bits per heavy atom. The van der Waals surface area contributed by atoms with Crippen molar-refractivity contribution in [3.05, 3.63) is 0 Å². The predicted molar refractivity (Wildman–Crippen MR) is 51.3 cm³/mol. The summed E-state index contributed by atoms with van der Waals surface area (Å²) in [6.07, 6.45) is 1.11. The average molecular weight is 200 g/mol. The molecule has 0 radical (unpaired) electrons. The molecule has 0 amide bonds. The molecule has 0 aromatic carbocycles. The Morgan fingerprint density at radius 1 is 1.30 bits per heavy atom. The molecule has 0 aliphatic heterocycles. The fourth-order valence-electron chi connectivity index (χ4n) is 0.706. The van der Waals surface area contributed by atoms with E-state index in [-0.39, 0.29) is 0 Å². The summed E-state index contributed by atoms with van der Waals surface area (Å²) in [7, 11) is 4.11. The van der Waals surface area contributed by atoms with E-state index in [0.29, 0.717) is 0 Å². The normalized spacial score (nSPS) is 12.6. The van der Waals surface area contributed by atoms with Crippen LogP contribution in [0.15, 0.2) is 0 Å². The summed E-state index contributed by atoms with van der Waals surface area (Å²) in [4.78, 5) is 2.15. The first kappa shape index (κ1) is 10.8. The zero-order chi connectivity index (χ0) is 8.20. The van der Waals surface area contributed by atoms with Gasteiger partial charge in [-0.3, -0.25) is 0 Å². The molecule has 0 aromatic heterocycles. The summed E-state index contributed by atoms with van der Waals surface area (Å²) in [6.45, 7) is 1.24. The Bertz CT molecular complexity index is 90.2. The van der Waals surface area contributed by atoms with Crippen molar-refractivity contribution in [1.82, 2.24) is 4.90 Å². The molecule has 0 bridgehead atoms. The van der Waals surface area contributed by atoms with Gasteiger partial charge in [-0.2, -0.15) is 0 Å². The van der Waals surface area contributed by atoms with Gasteiger partial charge in [-0.1, -0.05) is 0 Å². The van der Waals surface area contributed by atoms with E-state index in [1.54, 1.807) is 0 Å². The maximum atomic E-state index is 5.90. The van der Waals surface area contributed by atoms with Crippen molar-refractivity contribution in [1.29, 1.82) is 0 Å². The highest BCUT2D eigenvalue weighted by molar-refractivity contribution is 7.44. The van der Waals surface area contributed by atoms with Crippen LogP contribution in [0.25, 0.3) is 0 Å². The van der Waals surface area contributed by atoms with Crippen LogP contribution in [0.3, 0.4) is 0 Å². The summed E-state index contributed by atoms with van der Waals surface area (Å²) < 4.78 is 0. The van der Waals surface area contributed by atoms with Crippen molar-refractivity contribution < 1.29 is 0 Å². The molecule has 0 heterocycles. The molecule has 0 saturated heterocycles. The van der Waals surface area contributed by atoms with Crippen LogP contribution in [0.2, 0.25) is 12.6 Å². The first-order chi connectivity index (χ1) is 4.42. The molecule has 0 unspecified atom stereocenters. The van der Waals surface area contributed by atoms with Crippen molar-refractivity contribution in [3.8, 4) is 0 Å². The molecule has 1 nitrogen and oxygen atoms in total. The first-order valence-corrected chi connectivity index (χ1v) is 8.17.